The van der Waals surface area contributed by atoms with Crippen LogP contribution < -0.4 is 10.1 Å². The molecule has 5 rings (SSSR count). The molecule has 50 heavy (non-hydrogen) atoms. The molecular formula is C36H40N2O9S3. The molecule has 1 saturated heterocycles. The van der Waals surface area contributed by atoms with Gasteiger partial charge in [-0.1, -0.05) is 48.5 Å². The first-order valence-electron chi connectivity index (χ1n) is 15.9. The molecular weight excluding hydrogens is 701 g/mol. The summed E-state index contributed by atoms with van der Waals surface area (Å²) in [4.78, 5) is 37.8. The first-order valence-corrected chi connectivity index (χ1v) is 19.5. The number of nitrogens with zero attached hydrogens (tertiary/aromatic N) is 1. The molecule has 1 aliphatic heterocycles. The van der Waals surface area contributed by atoms with Crippen LogP contribution in [0.4, 0.5) is 4.79 Å². The summed E-state index contributed by atoms with van der Waals surface area (Å²) in [5, 5.41) is 3.09. The molecule has 0 radical (unpaired) electrons. The SMILES string of the molecule is CC(=O)OC[C@H](NC(=O)OC(C)(C)C)[C@H](OC(C)=O)c1cc2c(OCc3ccccc3)cc(C3SCCS3)cc2n1S(=O)(=O)c1ccccc1. The van der Waals surface area contributed by atoms with Gasteiger partial charge in [-0.05, 0) is 62.2 Å². The van der Waals surface area contributed by atoms with Crippen LogP contribution in [0.25, 0.3) is 10.9 Å². The van der Waals surface area contributed by atoms with Crippen molar-refractivity contribution in [1.29, 1.82) is 0 Å². The van der Waals surface area contributed by atoms with Crippen molar-refractivity contribution < 1.29 is 41.7 Å². The first kappa shape index (κ1) is 37.1. The molecule has 14 heteroatoms. The fourth-order valence-electron chi connectivity index (χ4n) is 5.40. The van der Waals surface area contributed by atoms with Gasteiger partial charge in [-0.3, -0.25) is 9.59 Å². The maximum Gasteiger partial charge on any atom is 0.408 e. The van der Waals surface area contributed by atoms with E-state index in [2.05, 4.69) is 5.32 Å². The lowest BCUT2D eigenvalue weighted by Crippen LogP contribution is -2.46. The summed E-state index contributed by atoms with van der Waals surface area (Å²) < 4.78 is 53.6. The van der Waals surface area contributed by atoms with Gasteiger partial charge in [0.1, 0.15) is 30.6 Å². The topological polar surface area (TPSA) is 139 Å². The Balaban J connectivity index is 1.77. The molecule has 0 unspecified atom stereocenters. The highest BCUT2D eigenvalue weighted by Crippen LogP contribution is 2.48. The summed E-state index contributed by atoms with van der Waals surface area (Å²) >= 11 is 3.51. The average molecular weight is 741 g/mol. The van der Waals surface area contributed by atoms with E-state index in [1.54, 1.807) is 68.6 Å². The van der Waals surface area contributed by atoms with Gasteiger partial charge in [0.2, 0.25) is 0 Å². The molecule has 0 saturated carbocycles. The Morgan fingerprint density at radius 3 is 2.16 bits per heavy atom. The third-order valence-electron chi connectivity index (χ3n) is 7.42. The van der Waals surface area contributed by atoms with Gasteiger partial charge in [0.25, 0.3) is 10.0 Å². The number of ether oxygens (including phenoxy) is 4. The number of benzene rings is 3. The van der Waals surface area contributed by atoms with Gasteiger partial charge in [0.05, 0.1) is 20.7 Å². The molecule has 1 fully saturated rings. The second kappa shape index (κ2) is 15.8. The van der Waals surface area contributed by atoms with Crippen LogP contribution in [0.2, 0.25) is 0 Å². The fourth-order valence-corrected chi connectivity index (χ4v) is 9.77. The van der Waals surface area contributed by atoms with Crippen molar-refractivity contribution in [2.45, 2.75) is 68.4 Å². The van der Waals surface area contributed by atoms with Gasteiger partial charge in [-0.15, -0.1) is 23.5 Å². The maximum atomic E-state index is 14.7. The molecule has 266 valence electrons. The number of carbonyl (C=O) groups is 3. The zero-order valence-electron chi connectivity index (χ0n) is 28.4. The maximum absolute atomic E-state index is 14.7. The summed E-state index contributed by atoms with van der Waals surface area (Å²) in [6, 6.07) is 21.5. The minimum atomic E-state index is -4.38. The number of esters is 2. The zero-order chi connectivity index (χ0) is 36.1. The van der Waals surface area contributed by atoms with Gasteiger partial charge in [0, 0.05) is 30.7 Å². The Kier molecular flexibility index (Phi) is 11.7. The van der Waals surface area contributed by atoms with E-state index in [1.807, 2.05) is 42.5 Å². The molecule has 2 heterocycles. The van der Waals surface area contributed by atoms with E-state index in [4.69, 9.17) is 18.9 Å². The minimum Gasteiger partial charge on any atom is -0.488 e. The highest BCUT2D eigenvalue weighted by atomic mass is 32.2. The molecule has 0 bridgehead atoms. The molecule has 1 N–H and O–H groups in total. The van der Waals surface area contributed by atoms with Crippen LogP contribution in [0, 0.1) is 0 Å². The molecule has 0 aliphatic carbocycles. The summed E-state index contributed by atoms with van der Waals surface area (Å²) in [7, 11) is -4.38. The number of fused-ring (bicyclic) bond motifs is 1. The molecule has 3 aromatic carbocycles. The lowest BCUT2D eigenvalue weighted by atomic mass is 10.1. The number of amides is 1. The van der Waals surface area contributed by atoms with E-state index >= 15 is 0 Å². The Morgan fingerprint density at radius 1 is 0.920 bits per heavy atom. The molecule has 2 atom stereocenters. The van der Waals surface area contributed by atoms with Gasteiger partial charge >= 0.3 is 18.0 Å². The van der Waals surface area contributed by atoms with Gasteiger partial charge in [0.15, 0.2) is 6.10 Å². The van der Waals surface area contributed by atoms with E-state index < -0.39 is 52.4 Å². The van der Waals surface area contributed by atoms with Crippen LogP contribution in [0.1, 0.15) is 62.1 Å². The molecule has 1 aromatic heterocycles. The van der Waals surface area contributed by atoms with Crippen LogP contribution in [0.5, 0.6) is 5.75 Å². The number of aromatic nitrogens is 1. The average Bonchev–Trinajstić information content (AvgIpc) is 3.74. The van der Waals surface area contributed by atoms with Crippen molar-refractivity contribution in [3.05, 3.63) is 95.7 Å². The molecule has 11 nitrogen and oxygen atoms in total. The van der Waals surface area contributed by atoms with Gasteiger partial charge in [-0.2, -0.15) is 0 Å². The zero-order valence-corrected chi connectivity index (χ0v) is 30.9. The van der Waals surface area contributed by atoms with E-state index in [-0.39, 0.29) is 27.3 Å². The van der Waals surface area contributed by atoms with Gasteiger partial charge < -0.3 is 24.3 Å². The fraction of sp³-hybridized carbons (Fsp3) is 0.361. The van der Waals surface area contributed by atoms with Crippen LogP contribution in [-0.4, -0.2) is 60.2 Å². The number of rotatable bonds is 12. The lowest BCUT2D eigenvalue weighted by molar-refractivity contribution is -0.151. The first-order chi connectivity index (χ1) is 23.7. The lowest BCUT2D eigenvalue weighted by Gasteiger charge is -2.29. The summed E-state index contributed by atoms with van der Waals surface area (Å²) in [6.07, 6.45) is -2.35. The Hall–Kier alpha value is -4.14. The van der Waals surface area contributed by atoms with Crippen molar-refractivity contribution in [3.63, 3.8) is 0 Å². The Labute approximate surface area is 300 Å². The second-order valence-electron chi connectivity index (χ2n) is 12.5. The number of thioether (sulfide) groups is 2. The molecule has 1 amide bonds. The summed E-state index contributed by atoms with van der Waals surface area (Å²) in [5.74, 6) is 0.877. The normalized spacial score (nSPS) is 14.9. The number of hydrogen-bond acceptors (Lipinski definition) is 11. The van der Waals surface area contributed by atoms with Crippen molar-refractivity contribution in [3.8, 4) is 5.75 Å². The number of alkyl carbamates (subject to hydrolysis) is 1. The Morgan fingerprint density at radius 2 is 1.56 bits per heavy atom. The van der Waals surface area contributed by atoms with Gasteiger partial charge in [-0.25, -0.2) is 17.2 Å². The van der Waals surface area contributed by atoms with Crippen molar-refractivity contribution >= 4 is 62.5 Å². The smallest absolute Gasteiger partial charge is 0.408 e. The highest BCUT2D eigenvalue weighted by molar-refractivity contribution is 8.19. The number of nitrogens with one attached hydrogen (secondary N) is 1. The molecule has 1 aliphatic rings. The quantitative estimate of drug-likeness (QED) is 0.119. The van der Waals surface area contributed by atoms with Crippen molar-refractivity contribution in [2.24, 2.45) is 0 Å². The molecule has 4 aromatic rings. The van der Waals surface area contributed by atoms with Crippen LogP contribution in [-0.2, 0) is 40.4 Å². The third kappa shape index (κ3) is 9.15. The van der Waals surface area contributed by atoms with Crippen LogP contribution in [0.3, 0.4) is 0 Å². The standard InChI is InChI=1S/C36H40N2O9S3/c1-23(39)44-22-29(37-35(41)47-36(3,4)5)33(46-24(2)40)31-20-28-30(38(31)50(42,43)27-14-10-7-11-15-27)18-26(34-48-16-17-49-34)19-32(28)45-21-25-12-8-6-9-13-25/h6-15,18-20,29,33-34H,16-17,21-22H2,1-5H3,(H,37,41)/t29-,33-/m0/s1. The molecule has 0 spiro atoms. The largest absolute Gasteiger partial charge is 0.488 e. The monoisotopic (exact) mass is 740 g/mol. The predicted octanol–water partition coefficient (Wildman–Crippen LogP) is 7.00. The van der Waals surface area contributed by atoms with E-state index in [9.17, 15) is 22.8 Å². The summed E-state index contributed by atoms with van der Waals surface area (Å²) in [6.45, 7) is 7.14. The second-order valence-corrected chi connectivity index (χ2v) is 17.0. The minimum absolute atomic E-state index is 0.000651. The van der Waals surface area contributed by atoms with Crippen molar-refractivity contribution in [2.75, 3.05) is 18.1 Å². The van der Waals surface area contributed by atoms with E-state index in [0.717, 1.165) is 26.6 Å². The van der Waals surface area contributed by atoms with Crippen molar-refractivity contribution in [1.82, 2.24) is 9.29 Å². The number of hydrogen-bond donors (Lipinski definition) is 1. The van der Waals surface area contributed by atoms with E-state index in [1.165, 1.54) is 26.0 Å². The highest BCUT2D eigenvalue weighted by Gasteiger charge is 2.37. The van der Waals surface area contributed by atoms with E-state index in [0.29, 0.717) is 11.1 Å². The summed E-state index contributed by atoms with van der Waals surface area (Å²) in [5.41, 5.74) is 1.16. The predicted molar refractivity (Wildman–Crippen MR) is 194 cm³/mol. The Bertz CT molecular complexity index is 1940. The number of carbonyl (C=O) groups excluding carboxylic acids is 3. The third-order valence-corrected chi connectivity index (χ3v) is 12.3. The van der Waals surface area contributed by atoms with Crippen LogP contribution in [0.15, 0.2) is 83.8 Å². The van der Waals surface area contributed by atoms with Crippen LogP contribution >= 0.6 is 23.5 Å².